The van der Waals surface area contributed by atoms with Gasteiger partial charge in [-0.25, -0.2) is 0 Å². The van der Waals surface area contributed by atoms with Gasteiger partial charge in [0, 0.05) is 13.0 Å². The zero-order valence-corrected chi connectivity index (χ0v) is 7.23. The highest BCUT2D eigenvalue weighted by molar-refractivity contribution is 5.88. The van der Waals surface area contributed by atoms with E-state index in [0.717, 1.165) is 6.42 Å². The monoisotopic (exact) mass is 184 g/mol. The lowest BCUT2D eigenvalue weighted by molar-refractivity contribution is -0.167. The minimum absolute atomic E-state index is 0.0848. The third-order valence-electron chi connectivity index (χ3n) is 3.29. The molecule has 2 heterocycles. The molecular formula is C9H12O4. The normalized spacial score (nSPS) is 53.9. The predicted molar refractivity (Wildman–Crippen MR) is 42.2 cm³/mol. The number of carbonyl (C=O) groups is 1. The molecule has 0 bridgehead atoms. The first-order chi connectivity index (χ1) is 6.22. The van der Waals surface area contributed by atoms with E-state index in [4.69, 9.17) is 9.47 Å². The number of aliphatic hydroxyl groups is 1. The fourth-order valence-electron chi connectivity index (χ4n) is 2.48. The minimum Gasteiger partial charge on any atom is -0.384 e. The molecule has 3 fully saturated rings. The molecule has 0 aromatic rings. The molecule has 3 rings (SSSR count). The van der Waals surface area contributed by atoms with Crippen LogP contribution in [0.25, 0.3) is 0 Å². The summed E-state index contributed by atoms with van der Waals surface area (Å²) in [5.74, 6) is 0.0848. The smallest absolute Gasteiger partial charge is 0.167 e. The number of carbonyl (C=O) groups excluding carboxylic acids is 1. The van der Waals surface area contributed by atoms with E-state index < -0.39 is 5.60 Å². The number of rotatable bonds is 0. The van der Waals surface area contributed by atoms with Crippen molar-refractivity contribution in [1.82, 2.24) is 0 Å². The largest absolute Gasteiger partial charge is 0.384 e. The summed E-state index contributed by atoms with van der Waals surface area (Å²) >= 11 is 0. The maximum absolute atomic E-state index is 11.3. The highest BCUT2D eigenvalue weighted by Gasteiger charge is 2.65. The maximum atomic E-state index is 11.3. The molecule has 0 aromatic carbocycles. The maximum Gasteiger partial charge on any atom is 0.167 e. The number of hydrogen-bond donors (Lipinski definition) is 1. The van der Waals surface area contributed by atoms with Crippen molar-refractivity contribution in [2.45, 2.75) is 43.2 Å². The van der Waals surface area contributed by atoms with Crippen molar-refractivity contribution in [3.05, 3.63) is 0 Å². The highest BCUT2D eigenvalue weighted by atomic mass is 16.6. The summed E-state index contributed by atoms with van der Waals surface area (Å²) in [5, 5.41) is 10.2. The summed E-state index contributed by atoms with van der Waals surface area (Å²) in [4.78, 5) is 11.3. The fraction of sp³-hybridized carbons (Fsp3) is 0.889. The van der Waals surface area contributed by atoms with E-state index in [0.29, 0.717) is 19.4 Å². The molecule has 13 heavy (non-hydrogen) atoms. The van der Waals surface area contributed by atoms with Crippen molar-refractivity contribution >= 4 is 5.78 Å². The Hall–Kier alpha value is -0.450. The van der Waals surface area contributed by atoms with Crippen LogP contribution in [0.4, 0.5) is 0 Å². The molecule has 72 valence electrons. The number of hydrogen-bond acceptors (Lipinski definition) is 4. The average Bonchev–Trinajstić information content (AvgIpc) is 2.87. The van der Waals surface area contributed by atoms with Crippen LogP contribution in [0.15, 0.2) is 0 Å². The van der Waals surface area contributed by atoms with E-state index in [-0.39, 0.29) is 24.1 Å². The first-order valence-electron chi connectivity index (χ1n) is 4.74. The second kappa shape index (κ2) is 2.32. The lowest BCUT2D eigenvalue weighted by Crippen LogP contribution is -2.56. The van der Waals surface area contributed by atoms with E-state index in [1.165, 1.54) is 0 Å². The highest BCUT2D eigenvalue weighted by Crippen LogP contribution is 2.46. The first-order valence-corrected chi connectivity index (χ1v) is 4.74. The Morgan fingerprint density at radius 1 is 1.54 bits per heavy atom. The van der Waals surface area contributed by atoms with Gasteiger partial charge in [-0.05, 0) is 12.8 Å². The molecule has 4 atom stereocenters. The molecule has 4 nitrogen and oxygen atoms in total. The number of ether oxygens (including phenoxy) is 2. The molecule has 0 unspecified atom stereocenters. The standard InChI is InChI=1S/C9H12O4/c10-5-4-6-9(11,2-1-3-12-6)8-7(5)13-8/h6-8,11H,1-4H2/t6-,7-,8-,9+/m1/s1. The molecule has 2 saturated heterocycles. The van der Waals surface area contributed by atoms with Crippen LogP contribution in [-0.4, -0.2) is 41.4 Å². The molecule has 1 saturated carbocycles. The van der Waals surface area contributed by atoms with Crippen LogP contribution >= 0.6 is 0 Å². The third-order valence-corrected chi connectivity index (χ3v) is 3.29. The van der Waals surface area contributed by atoms with E-state index in [2.05, 4.69) is 0 Å². The molecule has 1 N–H and O–H groups in total. The zero-order valence-electron chi connectivity index (χ0n) is 7.23. The molecule has 1 aliphatic carbocycles. The first kappa shape index (κ1) is 7.91. The van der Waals surface area contributed by atoms with Crippen molar-refractivity contribution in [2.24, 2.45) is 0 Å². The van der Waals surface area contributed by atoms with Gasteiger partial charge < -0.3 is 14.6 Å². The third kappa shape index (κ3) is 0.936. The molecule has 0 spiro atoms. The summed E-state index contributed by atoms with van der Waals surface area (Å²) in [7, 11) is 0. The second-order valence-electron chi connectivity index (χ2n) is 4.10. The molecule has 0 aromatic heterocycles. The second-order valence-corrected chi connectivity index (χ2v) is 4.10. The van der Waals surface area contributed by atoms with Gasteiger partial charge in [-0.1, -0.05) is 0 Å². The van der Waals surface area contributed by atoms with Gasteiger partial charge in [-0.2, -0.15) is 0 Å². The van der Waals surface area contributed by atoms with E-state index in [9.17, 15) is 9.90 Å². The van der Waals surface area contributed by atoms with Gasteiger partial charge in [0.1, 0.15) is 17.8 Å². The van der Waals surface area contributed by atoms with Gasteiger partial charge in [0.2, 0.25) is 0 Å². The number of ketones is 1. The van der Waals surface area contributed by atoms with Crippen LogP contribution in [0.1, 0.15) is 19.3 Å². The van der Waals surface area contributed by atoms with Crippen LogP contribution in [0.2, 0.25) is 0 Å². The molecule has 0 amide bonds. The lowest BCUT2D eigenvalue weighted by Gasteiger charge is -2.40. The van der Waals surface area contributed by atoms with Gasteiger partial charge >= 0.3 is 0 Å². The summed E-state index contributed by atoms with van der Waals surface area (Å²) in [6, 6.07) is 0. The number of fused-ring (bicyclic) bond motifs is 3. The van der Waals surface area contributed by atoms with Gasteiger partial charge in [-0.3, -0.25) is 4.79 Å². The van der Waals surface area contributed by atoms with Crippen LogP contribution in [0.3, 0.4) is 0 Å². The van der Waals surface area contributed by atoms with Gasteiger partial charge in [0.05, 0.1) is 6.10 Å². The minimum atomic E-state index is -0.878. The quantitative estimate of drug-likeness (QED) is 0.522. The van der Waals surface area contributed by atoms with Crippen molar-refractivity contribution in [3.8, 4) is 0 Å². The van der Waals surface area contributed by atoms with Crippen LogP contribution < -0.4 is 0 Å². The van der Waals surface area contributed by atoms with Crippen LogP contribution in [0.5, 0.6) is 0 Å². The Kier molecular flexibility index (Phi) is 1.41. The lowest BCUT2D eigenvalue weighted by atomic mass is 9.77. The summed E-state index contributed by atoms with van der Waals surface area (Å²) in [5.41, 5.74) is -0.878. The van der Waals surface area contributed by atoms with Crippen molar-refractivity contribution in [1.29, 1.82) is 0 Å². The van der Waals surface area contributed by atoms with Crippen molar-refractivity contribution in [2.75, 3.05) is 6.61 Å². The fourth-order valence-corrected chi connectivity index (χ4v) is 2.48. The van der Waals surface area contributed by atoms with E-state index in [1.807, 2.05) is 0 Å². The average molecular weight is 184 g/mol. The summed E-state index contributed by atoms with van der Waals surface area (Å²) in [6.45, 7) is 0.650. The molecule has 2 aliphatic heterocycles. The summed E-state index contributed by atoms with van der Waals surface area (Å²) in [6.07, 6.45) is 0.942. The Labute approximate surface area is 75.8 Å². The van der Waals surface area contributed by atoms with Gasteiger partial charge in [-0.15, -0.1) is 0 Å². The number of epoxide rings is 1. The molecular weight excluding hydrogens is 172 g/mol. The van der Waals surface area contributed by atoms with Crippen LogP contribution in [-0.2, 0) is 14.3 Å². The topological polar surface area (TPSA) is 59.1 Å². The SMILES string of the molecule is O=C1C[C@H]2OCCC[C@@]2(O)[C@@H]2O[C@H]12. The molecule has 4 heteroatoms. The molecule has 3 aliphatic rings. The van der Waals surface area contributed by atoms with Crippen molar-refractivity contribution in [3.63, 3.8) is 0 Å². The Morgan fingerprint density at radius 2 is 2.38 bits per heavy atom. The number of Topliss-reactive ketones (excluding diaryl/α,β-unsaturated/α-hetero) is 1. The van der Waals surface area contributed by atoms with Gasteiger partial charge in [0.25, 0.3) is 0 Å². The zero-order chi connectivity index (χ0) is 9.05. The Bertz CT molecular complexity index is 264. The van der Waals surface area contributed by atoms with E-state index in [1.54, 1.807) is 0 Å². The van der Waals surface area contributed by atoms with Crippen molar-refractivity contribution < 1.29 is 19.4 Å². The van der Waals surface area contributed by atoms with Crippen LogP contribution in [0, 0.1) is 0 Å². The predicted octanol–water partition coefficient (Wildman–Crippen LogP) is -0.363. The summed E-state index contributed by atoms with van der Waals surface area (Å²) < 4.78 is 10.6. The van der Waals surface area contributed by atoms with E-state index >= 15 is 0 Å². The Balaban J connectivity index is 1.90. The van der Waals surface area contributed by atoms with Gasteiger partial charge in [0.15, 0.2) is 5.78 Å². The molecule has 0 radical (unpaired) electrons. The Morgan fingerprint density at radius 3 is 3.23 bits per heavy atom.